The second kappa shape index (κ2) is 4.52. The van der Waals surface area contributed by atoms with Gasteiger partial charge in [-0.3, -0.25) is 4.79 Å². The lowest BCUT2D eigenvalue weighted by molar-refractivity contribution is -0.125. The van der Waals surface area contributed by atoms with Crippen molar-refractivity contribution in [3.8, 4) is 0 Å². The molecule has 17 heavy (non-hydrogen) atoms. The zero-order valence-corrected chi connectivity index (χ0v) is 11.0. The molecular formula is C15H21NO. The molecule has 1 aliphatic rings. The highest BCUT2D eigenvalue weighted by Crippen LogP contribution is 2.29. The largest absolute Gasteiger partial charge is 0.312 e. The number of amides is 1. The summed E-state index contributed by atoms with van der Waals surface area (Å²) < 4.78 is 0. The van der Waals surface area contributed by atoms with Crippen LogP contribution in [0, 0.1) is 5.41 Å². The topological polar surface area (TPSA) is 20.3 Å². The third kappa shape index (κ3) is 2.51. The molecule has 0 aliphatic carbocycles. The molecule has 1 heterocycles. The van der Waals surface area contributed by atoms with Gasteiger partial charge in [0.25, 0.3) is 0 Å². The van der Waals surface area contributed by atoms with Crippen LogP contribution in [0.2, 0.25) is 0 Å². The van der Waals surface area contributed by atoms with Gasteiger partial charge in [-0.15, -0.1) is 0 Å². The second-order valence-electron chi connectivity index (χ2n) is 5.79. The van der Waals surface area contributed by atoms with Gasteiger partial charge in [-0.25, -0.2) is 0 Å². The van der Waals surface area contributed by atoms with Crippen LogP contribution in [-0.2, 0) is 11.2 Å². The highest BCUT2D eigenvalue weighted by atomic mass is 16.2. The van der Waals surface area contributed by atoms with E-state index in [4.69, 9.17) is 0 Å². The van der Waals surface area contributed by atoms with Gasteiger partial charge in [0.2, 0.25) is 5.91 Å². The minimum Gasteiger partial charge on any atom is -0.312 e. The summed E-state index contributed by atoms with van der Waals surface area (Å²) in [7, 11) is 0. The molecule has 1 amide bonds. The molecule has 0 aromatic heterocycles. The molecule has 0 saturated heterocycles. The molecular weight excluding hydrogens is 210 g/mol. The molecule has 0 unspecified atom stereocenters. The molecule has 92 valence electrons. The van der Waals surface area contributed by atoms with E-state index in [2.05, 4.69) is 18.2 Å². The van der Waals surface area contributed by atoms with Gasteiger partial charge in [0.05, 0.1) is 0 Å². The molecule has 2 heteroatoms. The number of hydrogen-bond acceptors (Lipinski definition) is 1. The Kier molecular flexibility index (Phi) is 3.23. The smallest absolute Gasteiger partial charge is 0.232 e. The van der Waals surface area contributed by atoms with E-state index in [1.165, 1.54) is 12.0 Å². The summed E-state index contributed by atoms with van der Waals surface area (Å²) in [4.78, 5) is 14.4. The second-order valence-corrected chi connectivity index (χ2v) is 5.79. The molecule has 0 N–H and O–H groups in total. The van der Waals surface area contributed by atoms with Crippen LogP contribution in [-0.4, -0.2) is 12.5 Å². The van der Waals surface area contributed by atoms with Crippen molar-refractivity contribution in [1.82, 2.24) is 0 Å². The van der Waals surface area contributed by atoms with Gasteiger partial charge in [0, 0.05) is 17.6 Å². The zero-order valence-electron chi connectivity index (χ0n) is 11.0. The first-order valence-corrected chi connectivity index (χ1v) is 6.40. The number of carbonyl (C=O) groups excluding carboxylic acids is 1. The molecule has 1 aliphatic heterocycles. The fourth-order valence-corrected chi connectivity index (χ4v) is 2.31. The summed E-state index contributed by atoms with van der Waals surface area (Å²) in [6.45, 7) is 6.82. The number of rotatable bonds is 0. The standard InChI is InChI=1S/C15H21NO/c1-15(2,3)14(17)16-11-7-6-9-12-8-4-5-10-13(12)16/h4-5,8,10H,6-7,9,11H2,1-3H3. The van der Waals surface area contributed by atoms with Crippen molar-refractivity contribution in [3.63, 3.8) is 0 Å². The summed E-state index contributed by atoms with van der Waals surface area (Å²) in [6.07, 6.45) is 3.35. The Morgan fingerprint density at radius 1 is 1.18 bits per heavy atom. The van der Waals surface area contributed by atoms with Crippen molar-refractivity contribution in [2.24, 2.45) is 5.41 Å². The van der Waals surface area contributed by atoms with E-state index >= 15 is 0 Å². The summed E-state index contributed by atoms with van der Waals surface area (Å²) in [6, 6.07) is 8.30. The molecule has 0 bridgehead atoms. The summed E-state index contributed by atoms with van der Waals surface area (Å²) in [5.74, 6) is 0.229. The van der Waals surface area contributed by atoms with Crippen LogP contribution >= 0.6 is 0 Å². The van der Waals surface area contributed by atoms with Gasteiger partial charge < -0.3 is 4.90 Å². The van der Waals surface area contributed by atoms with Crippen LogP contribution in [0.4, 0.5) is 5.69 Å². The number of anilines is 1. The van der Waals surface area contributed by atoms with Crippen LogP contribution in [0.25, 0.3) is 0 Å². The number of aryl methyl sites for hydroxylation is 1. The van der Waals surface area contributed by atoms with E-state index in [1.807, 2.05) is 31.7 Å². The lowest BCUT2D eigenvalue weighted by Gasteiger charge is -2.29. The fraction of sp³-hybridized carbons (Fsp3) is 0.533. The third-order valence-electron chi connectivity index (χ3n) is 3.25. The average Bonchev–Trinajstić information content (AvgIpc) is 2.48. The molecule has 0 radical (unpaired) electrons. The molecule has 2 nitrogen and oxygen atoms in total. The Labute approximate surface area is 104 Å². The first kappa shape index (κ1) is 12.2. The van der Waals surface area contributed by atoms with Crippen LogP contribution in [0.1, 0.15) is 39.2 Å². The molecule has 0 atom stereocenters. The predicted octanol–water partition coefficient (Wildman–Crippen LogP) is 3.40. The van der Waals surface area contributed by atoms with E-state index < -0.39 is 0 Å². The Hall–Kier alpha value is -1.31. The molecule has 1 aromatic rings. The van der Waals surface area contributed by atoms with Gasteiger partial charge in [-0.05, 0) is 30.9 Å². The maximum atomic E-state index is 12.5. The number of nitrogens with zero attached hydrogens (tertiary/aromatic N) is 1. The Balaban J connectivity index is 2.38. The number of fused-ring (bicyclic) bond motifs is 1. The normalized spacial score (nSPS) is 16.3. The maximum Gasteiger partial charge on any atom is 0.232 e. The van der Waals surface area contributed by atoms with Crippen molar-refractivity contribution in [3.05, 3.63) is 29.8 Å². The van der Waals surface area contributed by atoms with Crippen LogP contribution in [0.15, 0.2) is 24.3 Å². The van der Waals surface area contributed by atoms with Crippen molar-refractivity contribution in [1.29, 1.82) is 0 Å². The van der Waals surface area contributed by atoms with Crippen molar-refractivity contribution in [2.75, 3.05) is 11.4 Å². The maximum absolute atomic E-state index is 12.5. The lowest BCUT2D eigenvalue weighted by atomic mass is 9.94. The third-order valence-corrected chi connectivity index (χ3v) is 3.25. The van der Waals surface area contributed by atoms with Gasteiger partial charge in [-0.2, -0.15) is 0 Å². The number of para-hydroxylation sites is 1. The highest BCUT2D eigenvalue weighted by molar-refractivity contribution is 5.97. The highest BCUT2D eigenvalue weighted by Gasteiger charge is 2.29. The summed E-state index contributed by atoms with van der Waals surface area (Å²) in [5, 5.41) is 0. The van der Waals surface area contributed by atoms with Crippen molar-refractivity contribution < 1.29 is 4.79 Å². The SMILES string of the molecule is CC(C)(C)C(=O)N1CCCCc2ccccc21. The molecule has 1 aromatic carbocycles. The lowest BCUT2D eigenvalue weighted by Crippen LogP contribution is -2.40. The first-order valence-electron chi connectivity index (χ1n) is 6.40. The van der Waals surface area contributed by atoms with Crippen LogP contribution < -0.4 is 4.90 Å². The summed E-state index contributed by atoms with van der Waals surface area (Å²) in [5.41, 5.74) is 2.12. The monoisotopic (exact) mass is 231 g/mol. The Morgan fingerprint density at radius 2 is 1.88 bits per heavy atom. The van der Waals surface area contributed by atoms with E-state index in [-0.39, 0.29) is 11.3 Å². The number of carbonyl (C=O) groups is 1. The van der Waals surface area contributed by atoms with Crippen LogP contribution in [0.5, 0.6) is 0 Å². The van der Waals surface area contributed by atoms with E-state index in [1.54, 1.807) is 0 Å². The Morgan fingerprint density at radius 3 is 2.59 bits per heavy atom. The average molecular weight is 231 g/mol. The minimum absolute atomic E-state index is 0.229. The van der Waals surface area contributed by atoms with E-state index in [0.717, 1.165) is 25.1 Å². The molecule has 0 spiro atoms. The fourth-order valence-electron chi connectivity index (χ4n) is 2.31. The number of hydrogen-bond donors (Lipinski definition) is 0. The quantitative estimate of drug-likeness (QED) is 0.670. The van der Waals surface area contributed by atoms with Crippen molar-refractivity contribution >= 4 is 11.6 Å². The summed E-state index contributed by atoms with van der Waals surface area (Å²) >= 11 is 0. The number of benzene rings is 1. The zero-order chi connectivity index (χ0) is 12.5. The van der Waals surface area contributed by atoms with Crippen molar-refractivity contribution in [2.45, 2.75) is 40.0 Å². The molecule has 0 saturated carbocycles. The van der Waals surface area contributed by atoms with Gasteiger partial charge in [0.1, 0.15) is 0 Å². The molecule has 0 fully saturated rings. The van der Waals surface area contributed by atoms with E-state index in [0.29, 0.717) is 0 Å². The van der Waals surface area contributed by atoms with Gasteiger partial charge >= 0.3 is 0 Å². The first-order chi connectivity index (χ1) is 8.00. The van der Waals surface area contributed by atoms with Gasteiger partial charge in [0.15, 0.2) is 0 Å². The predicted molar refractivity (Wildman–Crippen MR) is 71.2 cm³/mol. The van der Waals surface area contributed by atoms with E-state index in [9.17, 15) is 4.79 Å². The van der Waals surface area contributed by atoms with Gasteiger partial charge in [-0.1, -0.05) is 39.0 Å². The minimum atomic E-state index is -0.308. The Bertz CT molecular complexity index is 417. The van der Waals surface area contributed by atoms with Crippen LogP contribution in [0.3, 0.4) is 0 Å². The molecule has 2 rings (SSSR count).